The summed E-state index contributed by atoms with van der Waals surface area (Å²) in [5.41, 5.74) is 1.55. The van der Waals surface area contributed by atoms with Crippen molar-refractivity contribution in [1.29, 1.82) is 0 Å². The normalized spacial score (nSPS) is 18.4. The van der Waals surface area contributed by atoms with Gasteiger partial charge in [0.25, 0.3) is 0 Å². The zero-order chi connectivity index (χ0) is 14.5. The molecule has 1 saturated heterocycles. The van der Waals surface area contributed by atoms with E-state index in [2.05, 4.69) is 17.6 Å². The van der Waals surface area contributed by atoms with Crippen LogP contribution in [0, 0.1) is 0 Å². The molecule has 20 heavy (non-hydrogen) atoms. The van der Waals surface area contributed by atoms with Gasteiger partial charge in [0, 0.05) is 24.8 Å². The van der Waals surface area contributed by atoms with Crippen molar-refractivity contribution in [3.05, 3.63) is 24.3 Å². The molecule has 1 aromatic carbocycles. The molecule has 0 aliphatic carbocycles. The van der Waals surface area contributed by atoms with E-state index in [0.717, 1.165) is 25.1 Å². The van der Waals surface area contributed by atoms with E-state index >= 15 is 0 Å². The van der Waals surface area contributed by atoms with Crippen LogP contribution in [0.2, 0.25) is 0 Å². The Morgan fingerprint density at radius 2 is 2.25 bits per heavy atom. The summed E-state index contributed by atoms with van der Waals surface area (Å²) in [5, 5.41) is 6.00. The molecule has 0 bridgehead atoms. The second-order valence-electron chi connectivity index (χ2n) is 5.02. The first-order valence-electron chi connectivity index (χ1n) is 7.04. The van der Waals surface area contributed by atoms with Crippen molar-refractivity contribution in [2.45, 2.75) is 32.7 Å². The lowest BCUT2D eigenvalue weighted by Gasteiger charge is -2.18. The second-order valence-corrected chi connectivity index (χ2v) is 5.02. The summed E-state index contributed by atoms with van der Waals surface area (Å²) in [5.74, 6) is -0.00388. The first-order valence-corrected chi connectivity index (χ1v) is 7.04. The minimum absolute atomic E-state index is 0.0839. The molecule has 1 aromatic rings. The standard InChI is InChI=1S/C15H21N3O2/c1-3-8-16-14-7-9-18(15(14)20)13-6-4-5-12(10-13)17-11(2)19/h4-6,10,14,16H,3,7-9H2,1-2H3,(H,17,19). The molecule has 1 atom stereocenters. The van der Waals surface area contributed by atoms with Crippen LogP contribution in [0.25, 0.3) is 0 Å². The number of amides is 2. The molecule has 5 heteroatoms. The van der Waals surface area contributed by atoms with Crippen LogP contribution in [0.5, 0.6) is 0 Å². The molecule has 1 aliphatic rings. The van der Waals surface area contributed by atoms with Crippen molar-refractivity contribution in [2.75, 3.05) is 23.3 Å². The van der Waals surface area contributed by atoms with Crippen LogP contribution in [-0.2, 0) is 9.59 Å². The number of benzene rings is 1. The van der Waals surface area contributed by atoms with Gasteiger partial charge >= 0.3 is 0 Å². The molecule has 5 nitrogen and oxygen atoms in total. The molecule has 2 N–H and O–H groups in total. The number of carbonyl (C=O) groups is 2. The van der Waals surface area contributed by atoms with Crippen LogP contribution in [0.15, 0.2) is 24.3 Å². The van der Waals surface area contributed by atoms with Crippen molar-refractivity contribution < 1.29 is 9.59 Å². The highest BCUT2D eigenvalue weighted by Gasteiger charge is 2.31. The van der Waals surface area contributed by atoms with Crippen LogP contribution >= 0.6 is 0 Å². The van der Waals surface area contributed by atoms with Crippen molar-refractivity contribution in [1.82, 2.24) is 5.32 Å². The van der Waals surface area contributed by atoms with E-state index in [-0.39, 0.29) is 17.9 Å². The smallest absolute Gasteiger partial charge is 0.244 e. The fraction of sp³-hybridized carbons (Fsp3) is 0.467. The highest BCUT2D eigenvalue weighted by atomic mass is 16.2. The lowest BCUT2D eigenvalue weighted by Crippen LogP contribution is -2.38. The molecular weight excluding hydrogens is 254 g/mol. The summed E-state index contributed by atoms with van der Waals surface area (Å²) in [4.78, 5) is 25.2. The average Bonchev–Trinajstić information content (AvgIpc) is 2.77. The molecule has 1 fully saturated rings. The maximum absolute atomic E-state index is 12.3. The van der Waals surface area contributed by atoms with Crippen LogP contribution in [-0.4, -0.2) is 30.9 Å². The first kappa shape index (κ1) is 14.5. The van der Waals surface area contributed by atoms with Crippen LogP contribution < -0.4 is 15.5 Å². The quantitative estimate of drug-likeness (QED) is 0.860. The Labute approximate surface area is 119 Å². The van der Waals surface area contributed by atoms with Crippen molar-refractivity contribution in [3.63, 3.8) is 0 Å². The van der Waals surface area contributed by atoms with E-state index in [1.165, 1.54) is 6.92 Å². The Morgan fingerprint density at radius 3 is 2.95 bits per heavy atom. The Hall–Kier alpha value is -1.88. The van der Waals surface area contributed by atoms with Crippen LogP contribution in [0.1, 0.15) is 26.7 Å². The molecule has 0 spiro atoms. The number of rotatable bonds is 5. The predicted octanol–water partition coefficient (Wildman–Crippen LogP) is 1.75. The molecule has 1 unspecified atom stereocenters. The topological polar surface area (TPSA) is 61.4 Å². The molecule has 0 radical (unpaired) electrons. The third-order valence-electron chi connectivity index (χ3n) is 3.32. The van der Waals surface area contributed by atoms with Gasteiger partial charge in [-0.05, 0) is 37.6 Å². The van der Waals surface area contributed by atoms with Crippen molar-refractivity contribution in [3.8, 4) is 0 Å². The Kier molecular flexibility index (Phi) is 4.74. The minimum Gasteiger partial charge on any atom is -0.326 e. The molecular formula is C15H21N3O2. The molecule has 0 aromatic heterocycles. The van der Waals surface area contributed by atoms with E-state index < -0.39 is 0 Å². The first-order chi connectivity index (χ1) is 9.61. The van der Waals surface area contributed by atoms with E-state index in [1.807, 2.05) is 24.3 Å². The van der Waals surface area contributed by atoms with E-state index in [1.54, 1.807) is 4.90 Å². The van der Waals surface area contributed by atoms with E-state index in [9.17, 15) is 9.59 Å². The van der Waals surface area contributed by atoms with Gasteiger partial charge in [-0.2, -0.15) is 0 Å². The molecule has 2 amide bonds. The molecule has 1 heterocycles. The van der Waals surface area contributed by atoms with Crippen LogP contribution in [0.4, 0.5) is 11.4 Å². The van der Waals surface area contributed by atoms with Gasteiger partial charge < -0.3 is 15.5 Å². The van der Waals surface area contributed by atoms with Gasteiger partial charge in [0.05, 0.1) is 6.04 Å². The van der Waals surface area contributed by atoms with Crippen LogP contribution in [0.3, 0.4) is 0 Å². The lowest BCUT2D eigenvalue weighted by atomic mass is 10.2. The Balaban J connectivity index is 2.08. The summed E-state index contributed by atoms with van der Waals surface area (Å²) in [6.07, 6.45) is 1.84. The van der Waals surface area contributed by atoms with Gasteiger partial charge in [0.2, 0.25) is 11.8 Å². The van der Waals surface area contributed by atoms with Crippen molar-refractivity contribution >= 4 is 23.2 Å². The minimum atomic E-state index is -0.114. The van der Waals surface area contributed by atoms with Gasteiger partial charge in [-0.3, -0.25) is 9.59 Å². The Morgan fingerprint density at radius 1 is 1.45 bits per heavy atom. The number of hydrogen-bond donors (Lipinski definition) is 2. The third kappa shape index (κ3) is 3.36. The molecule has 108 valence electrons. The van der Waals surface area contributed by atoms with Gasteiger partial charge in [0.15, 0.2) is 0 Å². The summed E-state index contributed by atoms with van der Waals surface area (Å²) < 4.78 is 0. The molecule has 2 rings (SSSR count). The zero-order valence-electron chi connectivity index (χ0n) is 12.0. The van der Waals surface area contributed by atoms with Gasteiger partial charge in [-0.1, -0.05) is 13.0 Å². The third-order valence-corrected chi connectivity index (χ3v) is 3.32. The van der Waals surface area contributed by atoms with Crippen molar-refractivity contribution in [2.24, 2.45) is 0 Å². The largest absolute Gasteiger partial charge is 0.326 e. The number of nitrogens with one attached hydrogen (secondary N) is 2. The SMILES string of the molecule is CCCNC1CCN(c2cccc(NC(C)=O)c2)C1=O. The lowest BCUT2D eigenvalue weighted by molar-refractivity contribution is -0.118. The number of hydrogen-bond acceptors (Lipinski definition) is 3. The number of carbonyl (C=O) groups excluding carboxylic acids is 2. The second kappa shape index (κ2) is 6.52. The maximum atomic E-state index is 12.3. The fourth-order valence-corrected chi connectivity index (χ4v) is 2.40. The maximum Gasteiger partial charge on any atom is 0.244 e. The highest BCUT2D eigenvalue weighted by molar-refractivity contribution is 6.00. The van der Waals surface area contributed by atoms with E-state index in [4.69, 9.17) is 0 Å². The highest BCUT2D eigenvalue weighted by Crippen LogP contribution is 2.24. The number of anilines is 2. The summed E-state index contributed by atoms with van der Waals surface area (Å²) >= 11 is 0. The predicted molar refractivity (Wildman–Crippen MR) is 79.8 cm³/mol. The van der Waals surface area contributed by atoms with Gasteiger partial charge in [-0.25, -0.2) is 0 Å². The number of nitrogens with zero attached hydrogens (tertiary/aromatic N) is 1. The summed E-state index contributed by atoms with van der Waals surface area (Å²) in [6, 6.07) is 7.31. The Bertz CT molecular complexity index is 502. The molecule has 0 saturated carbocycles. The van der Waals surface area contributed by atoms with Gasteiger partial charge in [0.1, 0.15) is 0 Å². The van der Waals surface area contributed by atoms with E-state index in [0.29, 0.717) is 12.2 Å². The van der Waals surface area contributed by atoms with Gasteiger partial charge in [-0.15, -0.1) is 0 Å². The monoisotopic (exact) mass is 275 g/mol. The summed E-state index contributed by atoms with van der Waals surface area (Å²) in [7, 11) is 0. The fourth-order valence-electron chi connectivity index (χ4n) is 2.40. The zero-order valence-corrected chi connectivity index (χ0v) is 12.0. The molecule has 1 aliphatic heterocycles. The summed E-state index contributed by atoms with van der Waals surface area (Å²) in [6.45, 7) is 5.12. The average molecular weight is 275 g/mol.